The molecule has 128 valence electrons. The van der Waals surface area contributed by atoms with Crippen molar-refractivity contribution in [3.8, 4) is 0 Å². The molecule has 2 rings (SSSR count). The first kappa shape index (κ1) is 18.0. The SMILES string of the molecule is CC(C)(CCl)C(=O)NCC(O)c1ccc(N2CCOCC2)cc1. The second-order valence-corrected chi connectivity index (χ2v) is 6.70. The van der Waals surface area contributed by atoms with Crippen molar-refractivity contribution < 1.29 is 14.6 Å². The van der Waals surface area contributed by atoms with Crippen molar-refractivity contribution in [2.45, 2.75) is 20.0 Å². The molecular weight excluding hydrogens is 316 g/mol. The molecule has 0 aliphatic carbocycles. The molecule has 0 spiro atoms. The fourth-order valence-electron chi connectivity index (χ4n) is 2.34. The Morgan fingerprint density at radius 2 is 1.96 bits per heavy atom. The second kappa shape index (κ2) is 7.99. The number of anilines is 1. The summed E-state index contributed by atoms with van der Waals surface area (Å²) in [6, 6.07) is 7.78. The molecule has 1 unspecified atom stereocenters. The van der Waals surface area contributed by atoms with E-state index in [4.69, 9.17) is 16.3 Å². The van der Waals surface area contributed by atoms with E-state index in [9.17, 15) is 9.90 Å². The molecular formula is C17H25ClN2O3. The molecule has 2 N–H and O–H groups in total. The van der Waals surface area contributed by atoms with Gasteiger partial charge in [-0.25, -0.2) is 0 Å². The van der Waals surface area contributed by atoms with Crippen LogP contribution in [0.25, 0.3) is 0 Å². The molecule has 6 heteroatoms. The van der Waals surface area contributed by atoms with Crippen LogP contribution < -0.4 is 10.2 Å². The zero-order chi connectivity index (χ0) is 16.9. The lowest BCUT2D eigenvalue weighted by Gasteiger charge is -2.29. The van der Waals surface area contributed by atoms with Crippen LogP contribution in [-0.4, -0.2) is 49.7 Å². The number of aliphatic hydroxyl groups is 1. The minimum Gasteiger partial charge on any atom is -0.387 e. The number of aliphatic hydroxyl groups excluding tert-OH is 1. The number of hydrogen-bond acceptors (Lipinski definition) is 4. The molecule has 0 bridgehead atoms. The first-order valence-electron chi connectivity index (χ1n) is 7.89. The molecule has 23 heavy (non-hydrogen) atoms. The summed E-state index contributed by atoms with van der Waals surface area (Å²) in [7, 11) is 0. The van der Waals surface area contributed by atoms with Crippen LogP contribution in [0.15, 0.2) is 24.3 Å². The Balaban J connectivity index is 1.90. The summed E-state index contributed by atoms with van der Waals surface area (Å²) in [5, 5.41) is 13.0. The van der Waals surface area contributed by atoms with Crippen molar-refractivity contribution in [2.75, 3.05) is 43.6 Å². The van der Waals surface area contributed by atoms with E-state index < -0.39 is 11.5 Å². The van der Waals surface area contributed by atoms with Gasteiger partial charge in [-0.2, -0.15) is 0 Å². The Hall–Kier alpha value is -1.30. The molecule has 0 radical (unpaired) electrons. The number of benzene rings is 1. The molecule has 1 amide bonds. The predicted molar refractivity (Wildman–Crippen MR) is 91.9 cm³/mol. The highest BCUT2D eigenvalue weighted by atomic mass is 35.5. The topological polar surface area (TPSA) is 61.8 Å². The molecule has 0 saturated carbocycles. The van der Waals surface area contributed by atoms with Crippen LogP contribution in [0.4, 0.5) is 5.69 Å². The lowest BCUT2D eigenvalue weighted by atomic mass is 9.95. The van der Waals surface area contributed by atoms with E-state index in [0.29, 0.717) is 0 Å². The van der Waals surface area contributed by atoms with Crippen LogP contribution >= 0.6 is 11.6 Å². The molecule has 1 aliphatic rings. The average molecular weight is 341 g/mol. The highest BCUT2D eigenvalue weighted by Crippen LogP contribution is 2.21. The average Bonchev–Trinajstić information content (AvgIpc) is 2.60. The standard InChI is InChI=1S/C17H25ClN2O3/c1-17(2,12-18)16(22)19-11-15(21)13-3-5-14(6-4-13)20-7-9-23-10-8-20/h3-6,15,21H,7-12H2,1-2H3,(H,19,22). The number of carbonyl (C=O) groups is 1. The van der Waals surface area contributed by atoms with Gasteiger partial charge in [-0.3, -0.25) is 4.79 Å². The number of alkyl halides is 1. The number of amides is 1. The van der Waals surface area contributed by atoms with Gasteiger partial charge < -0.3 is 20.1 Å². The van der Waals surface area contributed by atoms with Crippen molar-refractivity contribution in [3.05, 3.63) is 29.8 Å². The lowest BCUT2D eigenvalue weighted by Crippen LogP contribution is -2.40. The van der Waals surface area contributed by atoms with Gasteiger partial charge in [-0.1, -0.05) is 12.1 Å². The summed E-state index contributed by atoms with van der Waals surface area (Å²) < 4.78 is 5.34. The van der Waals surface area contributed by atoms with Gasteiger partial charge in [0.25, 0.3) is 0 Å². The number of morpholine rings is 1. The fourth-order valence-corrected chi connectivity index (χ4v) is 2.46. The normalized spacial score (nSPS) is 17.0. The molecule has 1 atom stereocenters. The first-order chi connectivity index (χ1) is 10.9. The van der Waals surface area contributed by atoms with E-state index in [2.05, 4.69) is 10.2 Å². The Kier molecular flexibility index (Phi) is 6.27. The number of carbonyl (C=O) groups excluding carboxylic acids is 1. The van der Waals surface area contributed by atoms with Crippen molar-refractivity contribution >= 4 is 23.2 Å². The second-order valence-electron chi connectivity index (χ2n) is 6.43. The zero-order valence-corrected chi connectivity index (χ0v) is 14.5. The third-order valence-electron chi connectivity index (χ3n) is 4.06. The van der Waals surface area contributed by atoms with E-state index in [0.717, 1.165) is 37.6 Å². The maximum atomic E-state index is 12.0. The van der Waals surface area contributed by atoms with E-state index in [-0.39, 0.29) is 18.3 Å². The summed E-state index contributed by atoms with van der Waals surface area (Å²) in [5.41, 5.74) is 1.27. The number of rotatable bonds is 6. The minimum absolute atomic E-state index is 0.156. The number of halogens is 1. The summed E-state index contributed by atoms with van der Waals surface area (Å²) in [4.78, 5) is 14.2. The van der Waals surface area contributed by atoms with Crippen LogP contribution in [0.3, 0.4) is 0 Å². The minimum atomic E-state index is -0.733. The number of ether oxygens (including phenoxy) is 1. The quantitative estimate of drug-likeness (QED) is 0.777. The largest absolute Gasteiger partial charge is 0.387 e. The van der Waals surface area contributed by atoms with E-state index in [1.165, 1.54) is 0 Å². The van der Waals surface area contributed by atoms with Crippen molar-refractivity contribution in [1.29, 1.82) is 0 Å². The van der Waals surface area contributed by atoms with E-state index in [1.54, 1.807) is 13.8 Å². The predicted octanol–water partition coefficient (Wildman–Crippen LogP) is 1.94. The highest BCUT2D eigenvalue weighted by Gasteiger charge is 2.26. The molecule has 1 aromatic carbocycles. The maximum absolute atomic E-state index is 12.0. The molecule has 1 fully saturated rings. The summed E-state index contributed by atoms with van der Waals surface area (Å²) in [6.45, 7) is 6.98. The summed E-state index contributed by atoms with van der Waals surface area (Å²) >= 11 is 5.77. The van der Waals surface area contributed by atoms with E-state index in [1.807, 2.05) is 24.3 Å². The van der Waals surface area contributed by atoms with Gasteiger partial charge in [-0.05, 0) is 31.5 Å². The molecule has 1 saturated heterocycles. The highest BCUT2D eigenvalue weighted by molar-refractivity contribution is 6.19. The Bertz CT molecular complexity index is 513. The Morgan fingerprint density at radius 3 is 2.52 bits per heavy atom. The Morgan fingerprint density at radius 1 is 1.35 bits per heavy atom. The van der Waals surface area contributed by atoms with Gasteiger partial charge in [0.2, 0.25) is 5.91 Å². The third kappa shape index (κ3) is 4.83. The number of nitrogens with one attached hydrogen (secondary N) is 1. The van der Waals surface area contributed by atoms with Crippen LogP contribution in [0.1, 0.15) is 25.5 Å². The van der Waals surface area contributed by atoms with Gasteiger partial charge in [-0.15, -0.1) is 11.6 Å². The van der Waals surface area contributed by atoms with Crippen molar-refractivity contribution in [3.63, 3.8) is 0 Å². The summed E-state index contributed by atoms with van der Waals surface area (Å²) in [5.74, 6) is 0.0832. The van der Waals surface area contributed by atoms with Gasteiger partial charge in [0, 0.05) is 31.2 Å². The molecule has 0 aromatic heterocycles. The van der Waals surface area contributed by atoms with Crippen LogP contribution in [-0.2, 0) is 9.53 Å². The van der Waals surface area contributed by atoms with Gasteiger partial charge in [0.1, 0.15) is 0 Å². The molecule has 1 aromatic rings. The summed E-state index contributed by atoms with van der Waals surface area (Å²) in [6.07, 6.45) is -0.733. The smallest absolute Gasteiger partial charge is 0.226 e. The van der Waals surface area contributed by atoms with Crippen molar-refractivity contribution in [1.82, 2.24) is 5.32 Å². The fraction of sp³-hybridized carbons (Fsp3) is 0.588. The van der Waals surface area contributed by atoms with Gasteiger partial charge in [0.05, 0.1) is 24.7 Å². The third-order valence-corrected chi connectivity index (χ3v) is 4.73. The Labute approximate surface area is 142 Å². The van der Waals surface area contributed by atoms with Crippen LogP contribution in [0, 0.1) is 5.41 Å². The molecule has 1 heterocycles. The van der Waals surface area contributed by atoms with Gasteiger partial charge in [0.15, 0.2) is 0 Å². The number of hydrogen-bond donors (Lipinski definition) is 2. The maximum Gasteiger partial charge on any atom is 0.226 e. The van der Waals surface area contributed by atoms with Crippen LogP contribution in [0.2, 0.25) is 0 Å². The van der Waals surface area contributed by atoms with Gasteiger partial charge >= 0.3 is 0 Å². The van der Waals surface area contributed by atoms with Crippen LogP contribution in [0.5, 0.6) is 0 Å². The molecule has 1 aliphatic heterocycles. The number of nitrogens with zero attached hydrogens (tertiary/aromatic N) is 1. The first-order valence-corrected chi connectivity index (χ1v) is 8.42. The van der Waals surface area contributed by atoms with E-state index >= 15 is 0 Å². The molecule has 5 nitrogen and oxygen atoms in total. The lowest BCUT2D eigenvalue weighted by molar-refractivity contribution is -0.128. The van der Waals surface area contributed by atoms with Crippen molar-refractivity contribution in [2.24, 2.45) is 5.41 Å². The monoisotopic (exact) mass is 340 g/mol. The zero-order valence-electron chi connectivity index (χ0n) is 13.7.